The second-order valence-electron chi connectivity index (χ2n) is 6.97. The lowest BCUT2D eigenvalue weighted by Crippen LogP contribution is -2.24. The van der Waals surface area contributed by atoms with E-state index in [0.29, 0.717) is 11.7 Å². The number of aromatic nitrogens is 3. The Morgan fingerprint density at radius 2 is 1.78 bits per heavy atom. The molecule has 3 heterocycles. The van der Waals surface area contributed by atoms with Gasteiger partial charge in [0.2, 0.25) is 18.0 Å². The van der Waals surface area contributed by atoms with E-state index in [-0.39, 0.29) is 5.91 Å². The number of carbonyl (C=O) groups is 1. The number of carbonyl (C=O) groups excluding carboxylic acids is 1. The molecule has 2 aromatic heterocycles. The molecule has 9 heteroatoms. The Morgan fingerprint density at radius 1 is 1.03 bits per heavy atom. The monoisotopic (exact) mass is 461 g/mol. The summed E-state index contributed by atoms with van der Waals surface area (Å²) < 4.78 is 8.05. The van der Waals surface area contributed by atoms with Crippen molar-refractivity contribution >= 4 is 34.9 Å². The highest BCUT2D eigenvalue weighted by atomic mass is 32.2. The van der Waals surface area contributed by atoms with Crippen molar-refractivity contribution in [1.82, 2.24) is 19.8 Å². The van der Waals surface area contributed by atoms with Gasteiger partial charge in [0.15, 0.2) is 11.0 Å². The van der Waals surface area contributed by atoms with E-state index < -0.39 is 6.23 Å². The van der Waals surface area contributed by atoms with Gasteiger partial charge in [-0.2, -0.15) is 5.01 Å². The van der Waals surface area contributed by atoms with Crippen LogP contribution in [0.25, 0.3) is 17.1 Å². The van der Waals surface area contributed by atoms with Crippen LogP contribution in [0.3, 0.4) is 0 Å². The van der Waals surface area contributed by atoms with Crippen molar-refractivity contribution in [3.63, 3.8) is 0 Å². The topological polar surface area (TPSA) is 72.6 Å². The van der Waals surface area contributed by atoms with E-state index in [1.807, 2.05) is 82.7 Å². The zero-order valence-corrected chi connectivity index (χ0v) is 18.8. The quantitative estimate of drug-likeness (QED) is 0.379. The Balaban J connectivity index is 1.42. The van der Waals surface area contributed by atoms with Gasteiger partial charge < -0.3 is 4.74 Å². The number of ether oxygens (including phenoxy) is 1. The fourth-order valence-corrected chi connectivity index (χ4v) is 4.89. The van der Waals surface area contributed by atoms with Crippen molar-refractivity contribution < 1.29 is 9.53 Å². The van der Waals surface area contributed by atoms with E-state index in [4.69, 9.17) is 4.74 Å². The van der Waals surface area contributed by atoms with E-state index in [1.54, 1.807) is 0 Å². The highest BCUT2D eigenvalue weighted by Gasteiger charge is 2.33. The summed E-state index contributed by atoms with van der Waals surface area (Å²) >= 11 is 3.00. The summed E-state index contributed by atoms with van der Waals surface area (Å²) in [4.78, 5) is 13.0. The normalized spacial score (nSPS) is 15.5. The largest absolute Gasteiger partial charge is 0.448 e. The number of para-hydroxylation sites is 1. The van der Waals surface area contributed by atoms with Crippen molar-refractivity contribution in [2.24, 2.45) is 5.10 Å². The number of thioether (sulfide) groups is 1. The van der Waals surface area contributed by atoms with E-state index >= 15 is 0 Å². The summed E-state index contributed by atoms with van der Waals surface area (Å²) in [5.74, 6) is 1.50. The number of hydrazone groups is 1. The van der Waals surface area contributed by atoms with Gasteiger partial charge in [-0.3, -0.25) is 9.36 Å². The standard InChI is InChI=1S/C23H19N5O2S2/c1-16(29)28-22(19-13-8-14-31-19)30-20(26-28)15-32-23-25-24-21(17-9-4-2-5-10-17)27(23)18-11-6-3-7-12-18/h2-14,22H,15H2,1H3. The van der Waals surface area contributed by atoms with Gasteiger partial charge in [-0.1, -0.05) is 66.4 Å². The van der Waals surface area contributed by atoms with E-state index in [2.05, 4.69) is 15.3 Å². The summed E-state index contributed by atoms with van der Waals surface area (Å²) in [6.45, 7) is 1.49. The van der Waals surface area contributed by atoms with Crippen molar-refractivity contribution in [2.45, 2.75) is 18.3 Å². The highest BCUT2D eigenvalue weighted by Crippen LogP contribution is 2.33. The molecule has 0 fully saturated rings. The Kier molecular flexibility index (Phi) is 5.74. The number of thiophene rings is 1. The molecule has 1 aliphatic rings. The van der Waals surface area contributed by atoms with Crippen molar-refractivity contribution in [2.75, 3.05) is 5.75 Å². The van der Waals surface area contributed by atoms with Gasteiger partial charge >= 0.3 is 0 Å². The lowest BCUT2D eigenvalue weighted by molar-refractivity contribution is -0.135. The number of hydrogen-bond acceptors (Lipinski definition) is 7. The first-order valence-corrected chi connectivity index (χ1v) is 11.8. The lowest BCUT2D eigenvalue weighted by Gasteiger charge is -2.17. The Morgan fingerprint density at radius 3 is 2.47 bits per heavy atom. The molecule has 2 aromatic carbocycles. The van der Waals surface area contributed by atoms with E-state index in [1.165, 1.54) is 35.0 Å². The van der Waals surface area contributed by atoms with Gasteiger partial charge in [0.25, 0.3) is 0 Å². The molecule has 7 nitrogen and oxygen atoms in total. The first kappa shape index (κ1) is 20.5. The summed E-state index contributed by atoms with van der Waals surface area (Å²) in [5, 5.41) is 17.4. The minimum atomic E-state index is -0.519. The maximum Gasteiger partial charge on any atom is 0.243 e. The van der Waals surface area contributed by atoms with Gasteiger partial charge in [0, 0.05) is 18.2 Å². The molecular weight excluding hydrogens is 442 g/mol. The van der Waals surface area contributed by atoms with Crippen LogP contribution in [0.2, 0.25) is 0 Å². The molecule has 1 unspecified atom stereocenters. The molecule has 0 radical (unpaired) electrons. The second kappa shape index (κ2) is 8.97. The second-order valence-corrected chi connectivity index (χ2v) is 8.90. The fourth-order valence-electron chi connectivity index (χ4n) is 3.36. The van der Waals surface area contributed by atoms with Crippen LogP contribution in [0.15, 0.2) is 88.4 Å². The Hall–Kier alpha value is -3.43. The van der Waals surface area contributed by atoms with Gasteiger partial charge in [-0.25, -0.2) is 0 Å². The third-order valence-corrected chi connectivity index (χ3v) is 6.62. The first-order chi connectivity index (χ1) is 15.7. The van der Waals surface area contributed by atoms with E-state index in [9.17, 15) is 4.79 Å². The molecule has 1 atom stereocenters. The predicted octanol–water partition coefficient (Wildman–Crippen LogP) is 4.98. The minimum absolute atomic E-state index is 0.165. The molecule has 32 heavy (non-hydrogen) atoms. The molecule has 0 bridgehead atoms. The van der Waals surface area contributed by atoms with Gasteiger partial charge in [0.05, 0.1) is 10.6 Å². The maximum atomic E-state index is 12.1. The van der Waals surface area contributed by atoms with E-state index in [0.717, 1.165) is 27.1 Å². The molecule has 1 aliphatic heterocycles. The van der Waals surface area contributed by atoms with Gasteiger partial charge in [-0.15, -0.1) is 26.6 Å². The van der Waals surface area contributed by atoms with Crippen molar-refractivity contribution in [1.29, 1.82) is 0 Å². The van der Waals surface area contributed by atoms with Crippen LogP contribution < -0.4 is 0 Å². The molecule has 0 saturated carbocycles. The maximum absolute atomic E-state index is 12.1. The molecule has 160 valence electrons. The number of nitrogens with zero attached hydrogens (tertiary/aromatic N) is 5. The fraction of sp³-hybridized carbons (Fsp3) is 0.130. The van der Waals surface area contributed by atoms with Crippen LogP contribution >= 0.6 is 23.1 Å². The number of hydrogen-bond donors (Lipinski definition) is 0. The van der Waals surface area contributed by atoms with Crippen molar-refractivity contribution in [3.05, 3.63) is 83.1 Å². The Bertz CT molecular complexity index is 1240. The van der Waals surface area contributed by atoms with Gasteiger partial charge in [0.1, 0.15) is 0 Å². The number of rotatable bonds is 6. The van der Waals surface area contributed by atoms with Crippen LogP contribution in [0, 0.1) is 0 Å². The summed E-state index contributed by atoms with van der Waals surface area (Å²) in [6.07, 6.45) is -0.519. The third kappa shape index (κ3) is 4.04. The van der Waals surface area contributed by atoms with Crippen LogP contribution in [-0.4, -0.2) is 37.3 Å². The zero-order valence-electron chi connectivity index (χ0n) is 17.2. The first-order valence-electron chi connectivity index (χ1n) is 9.97. The summed E-state index contributed by atoms with van der Waals surface area (Å²) in [7, 11) is 0. The number of benzene rings is 2. The molecular formula is C23H19N5O2S2. The lowest BCUT2D eigenvalue weighted by atomic mass is 10.2. The van der Waals surface area contributed by atoms with Crippen LogP contribution in [0.4, 0.5) is 0 Å². The molecule has 4 aromatic rings. The SMILES string of the molecule is CC(=O)N1N=C(CSc2nnc(-c3ccccc3)n2-c2ccccc2)OC1c1cccs1. The zero-order chi connectivity index (χ0) is 21.9. The number of amides is 1. The highest BCUT2D eigenvalue weighted by molar-refractivity contribution is 7.99. The molecule has 1 amide bonds. The Labute approximate surface area is 193 Å². The predicted molar refractivity (Wildman–Crippen MR) is 126 cm³/mol. The van der Waals surface area contributed by atoms with Crippen LogP contribution in [-0.2, 0) is 9.53 Å². The van der Waals surface area contributed by atoms with Gasteiger partial charge in [-0.05, 0) is 23.6 Å². The molecule has 5 rings (SSSR count). The van der Waals surface area contributed by atoms with Crippen LogP contribution in [0.5, 0.6) is 0 Å². The third-order valence-electron chi connectivity index (χ3n) is 4.80. The van der Waals surface area contributed by atoms with Crippen molar-refractivity contribution in [3.8, 4) is 17.1 Å². The molecule has 0 saturated heterocycles. The average molecular weight is 462 g/mol. The molecule has 0 N–H and O–H groups in total. The minimum Gasteiger partial charge on any atom is -0.448 e. The molecule has 0 spiro atoms. The average Bonchev–Trinajstić information content (AvgIpc) is 3.58. The summed E-state index contributed by atoms with van der Waals surface area (Å²) in [6, 6.07) is 23.8. The van der Waals surface area contributed by atoms with Crippen LogP contribution in [0.1, 0.15) is 18.0 Å². The summed E-state index contributed by atoms with van der Waals surface area (Å²) in [5.41, 5.74) is 1.95. The molecule has 0 aliphatic carbocycles. The smallest absolute Gasteiger partial charge is 0.243 e.